The zero-order valence-corrected chi connectivity index (χ0v) is 9.82. The Morgan fingerprint density at radius 1 is 1.62 bits per heavy atom. The van der Waals surface area contributed by atoms with Crippen molar-refractivity contribution in [1.29, 1.82) is 0 Å². The SMILES string of the molecule is Cc1nc2c(n1CC(=O)O)C[C@H]1[C@@H]2C1(C)C. The van der Waals surface area contributed by atoms with E-state index in [1.807, 2.05) is 11.5 Å². The van der Waals surface area contributed by atoms with Crippen LogP contribution in [0.4, 0.5) is 0 Å². The maximum absolute atomic E-state index is 10.8. The lowest BCUT2D eigenvalue weighted by atomic mass is 10.0. The molecule has 16 heavy (non-hydrogen) atoms. The third-order valence-corrected chi connectivity index (χ3v) is 4.35. The van der Waals surface area contributed by atoms with Crippen molar-refractivity contribution in [1.82, 2.24) is 9.55 Å². The van der Waals surface area contributed by atoms with Crippen molar-refractivity contribution in [3.63, 3.8) is 0 Å². The zero-order chi connectivity index (χ0) is 11.7. The fraction of sp³-hybridized carbons (Fsp3) is 0.667. The zero-order valence-electron chi connectivity index (χ0n) is 9.82. The Kier molecular flexibility index (Phi) is 1.65. The maximum Gasteiger partial charge on any atom is 0.323 e. The summed E-state index contributed by atoms with van der Waals surface area (Å²) in [5, 5.41) is 8.87. The monoisotopic (exact) mass is 220 g/mol. The lowest BCUT2D eigenvalue weighted by molar-refractivity contribution is -0.137. The maximum atomic E-state index is 10.8. The van der Waals surface area contributed by atoms with Gasteiger partial charge in [0.25, 0.3) is 0 Å². The van der Waals surface area contributed by atoms with Crippen LogP contribution in [0.2, 0.25) is 0 Å². The molecule has 0 aliphatic heterocycles. The Balaban J connectivity index is 2.01. The van der Waals surface area contributed by atoms with Crippen LogP contribution < -0.4 is 0 Å². The highest BCUT2D eigenvalue weighted by atomic mass is 16.4. The number of hydrogen-bond donors (Lipinski definition) is 1. The third-order valence-electron chi connectivity index (χ3n) is 4.35. The number of aryl methyl sites for hydroxylation is 1. The number of fused-ring (bicyclic) bond motifs is 3. The highest BCUT2D eigenvalue weighted by Gasteiger charge is 2.64. The Morgan fingerprint density at radius 2 is 2.31 bits per heavy atom. The van der Waals surface area contributed by atoms with Gasteiger partial charge in [0.1, 0.15) is 12.4 Å². The van der Waals surface area contributed by atoms with Crippen LogP contribution in [0, 0.1) is 18.3 Å². The van der Waals surface area contributed by atoms with Crippen molar-refractivity contribution >= 4 is 5.97 Å². The summed E-state index contributed by atoms with van der Waals surface area (Å²) in [4.78, 5) is 15.4. The fourth-order valence-electron chi connectivity index (χ4n) is 3.32. The molecular formula is C12H16N2O2. The van der Waals surface area contributed by atoms with Crippen molar-refractivity contribution in [2.24, 2.45) is 11.3 Å². The standard InChI is InChI=1S/C12H16N2O2/c1-6-13-11-8(14(6)5-9(15)16)4-7-10(11)12(7,2)3/h7,10H,4-5H2,1-3H3,(H,15,16)/t7-,10-/m0/s1. The fourth-order valence-corrected chi connectivity index (χ4v) is 3.32. The Labute approximate surface area is 94.3 Å². The summed E-state index contributed by atoms with van der Waals surface area (Å²) in [5.74, 6) is 1.30. The lowest BCUT2D eigenvalue weighted by Gasteiger charge is -2.10. The van der Waals surface area contributed by atoms with Crippen LogP contribution in [-0.4, -0.2) is 20.6 Å². The molecule has 0 spiro atoms. The van der Waals surface area contributed by atoms with Gasteiger partial charge in [-0.2, -0.15) is 0 Å². The summed E-state index contributed by atoms with van der Waals surface area (Å²) in [7, 11) is 0. The van der Waals surface area contributed by atoms with Crippen molar-refractivity contribution in [3.05, 3.63) is 17.2 Å². The first kappa shape index (κ1) is 9.87. The van der Waals surface area contributed by atoms with Crippen LogP contribution in [-0.2, 0) is 17.8 Å². The third kappa shape index (κ3) is 1.05. The van der Waals surface area contributed by atoms with Gasteiger partial charge >= 0.3 is 5.97 Å². The molecule has 0 unspecified atom stereocenters. The molecule has 1 fully saturated rings. The molecule has 0 saturated heterocycles. The van der Waals surface area contributed by atoms with Crippen molar-refractivity contribution in [3.8, 4) is 0 Å². The number of imidazole rings is 1. The van der Waals surface area contributed by atoms with Crippen molar-refractivity contribution in [2.45, 2.75) is 39.7 Å². The molecule has 0 aromatic carbocycles. The second kappa shape index (κ2) is 2.67. The van der Waals surface area contributed by atoms with Gasteiger partial charge in [-0.3, -0.25) is 4.79 Å². The molecule has 3 rings (SSSR count). The van der Waals surface area contributed by atoms with E-state index in [2.05, 4.69) is 18.8 Å². The average Bonchev–Trinajstić information content (AvgIpc) is 2.49. The van der Waals surface area contributed by atoms with Crippen LogP contribution in [0.1, 0.15) is 37.0 Å². The number of rotatable bonds is 2. The molecule has 1 aromatic heterocycles. The average molecular weight is 220 g/mol. The number of nitrogens with zero attached hydrogens (tertiary/aromatic N) is 2. The highest BCUT2D eigenvalue weighted by Crippen LogP contribution is 2.69. The van der Waals surface area contributed by atoms with Crippen LogP contribution in [0.5, 0.6) is 0 Å². The van der Waals surface area contributed by atoms with Gasteiger partial charge in [0.2, 0.25) is 0 Å². The lowest BCUT2D eigenvalue weighted by Crippen LogP contribution is -2.14. The summed E-state index contributed by atoms with van der Waals surface area (Å²) < 4.78 is 1.86. The predicted octanol–water partition coefficient (Wildman–Crippen LogP) is 1.57. The summed E-state index contributed by atoms with van der Waals surface area (Å²) in [5.41, 5.74) is 2.70. The van der Waals surface area contributed by atoms with Crippen molar-refractivity contribution < 1.29 is 9.90 Å². The second-order valence-corrected chi connectivity index (χ2v) is 5.58. The molecule has 86 valence electrons. The molecule has 0 amide bonds. The number of carboxylic acids is 1. The molecule has 4 heteroatoms. The van der Waals surface area contributed by atoms with Gasteiger partial charge < -0.3 is 9.67 Å². The molecule has 4 nitrogen and oxygen atoms in total. The summed E-state index contributed by atoms with van der Waals surface area (Å²) in [6.45, 7) is 6.49. The first-order valence-electron chi connectivity index (χ1n) is 5.70. The Bertz CT molecular complexity index is 487. The van der Waals surface area contributed by atoms with E-state index in [4.69, 9.17) is 5.11 Å². The normalized spacial score (nSPS) is 28.7. The molecular weight excluding hydrogens is 204 g/mol. The van der Waals surface area contributed by atoms with E-state index in [9.17, 15) is 4.79 Å². The van der Waals surface area contributed by atoms with Gasteiger partial charge in [0, 0.05) is 11.6 Å². The van der Waals surface area contributed by atoms with E-state index in [1.165, 1.54) is 0 Å². The number of carbonyl (C=O) groups is 1. The van der Waals surface area contributed by atoms with Gasteiger partial charge in [-0.05, 0) is 24.7 Å². The van der Waals surface area contributed by atoms with Crippen LogP contribution >= 0.6 is 0 Å². The minimum absolute atomic E-state index is 0.0496. The largest absolute Gasteiger partial charge is 0.480 e. The van der Waals surface area contributed by atoms with E-state index in [1.54, 1.807) is 0 Å². The molecule has 2 aliphatic carbocycles. The summed E-state index contributed by atoms with van der Waals surface area (Å²) in [6, 6.07) is 0. The van der Waals surface area contributed by atoms with Gasteiger partial charge in [-0.25, -0.2) is 4.98 Å². The number of aromatic nitrogens is 2. The van der Waals surface area contributed by atoms with E-state index >= 15 is 0 Å². The van der Waals surface area contributed by atoms with Crippen LogP contribution in [0.15, 0.2) is 0 Å². The van der Waals surface area contributed by atoms with E-state index < -0.39 is 5.97 Å². The minimum Gasteiger partial charge on any atom is -0.480 e. The van der Waals surface area contributed by atoms with Crippen molar-refractivity contribution in [2.75, 3.05) is 0 Å². The topological polar surface area (TPSA) is 55.1 Å². The van der Waals surface area contributed by atoms with Gasteiger partial charge in [-0.1, -0.05) is 13.8 Å². The Morgan fingerprint density at radius 3 is 2.94 bits per heavy atom. The molecule has 2 aliphatic rings. The van der Waals surface area contributed by atoms with Gasteiger partial charge in [-0.15, -0.1) is 0 Å². The molecule has 1 saturated carbocycles. The molecule has 1 heterocycles. The smallest absolute Gasteiger partial charge is 0.323 e. The first-order chi connectivity index (χ1) is 7.43. The van der Waals surface area contributed by atoms with Gasteiger partial charge in [0.05, 0.1) is 5.69 Å². The summed E-state index contributed by atoms with van der Waals surface area (Å²) >= 11 is 0. The molecule has 1 aromatic rings. The number of hydrogen-bond acceptors (Lipinski definition) is 2. The molecule has 0 bridgehead atoms. The molecule has 1 N–H and O–H groups in total. The quantitative estimate of drug-likeness (QED) is 0.823. The van der Waals surface area contributed by atoms with E-state index in [-0.39, 0.29) is 6.54 Å². The first-order valence-corrected chi connectivity index (χ1v) is 5.70. The number of aliphatic carboxylic acids is 1. The Hall–Kier alpha value is -1.32. The second-order valence-electron chi connectivity index (χ2n) is 5.58. The summed E-state index contributed by atoms with van der Waals surface area (Å²) in [6.07, 6.45) is 1.00. The predicted molar refractivity (Wildman–Crippen MR) is 58.3 cm³/mol. The van der Waals surface area contributed by atoms with Crippen LogP contribution in [0.25, 0.3) is 0 Å². The minimum atomic E-state index is -0.789. The molecule has 2 atom stereocenters. The number of carboxylic acid groups (broad SMARTS) is 1. The van der Waals surface area contributed by atoms with Gasteiger partial charge in [0.15, 0.2) is 0 Å². The van der Waals surface area contributed by atoms with E-state index in [0.717, 1.165) is 23.6 Å². The van der Waals surface area contributed by atoms with E-state index in [0.29, 0.717) is 17.3 Å². The highest BCUT2D eigenvalue weighted by molar-refractivity contribution is 5.67. The van der Waals surface area contributed by atoms with Crippen LogP contribution in [0.3, 0.4) is 0 Å². The molecule has 0 radical (unpaired) electrons.